The maximum atomic E-state index is 13.1. The van der Waals surface area contributed by atoms with Gasteiger partial charge in [0.1, 0.15) is 5.75 Å². The van der Waals surface area contributed by atoms with E-state index in [0.29, 0.717) is 23.1 Å². The van der Waals surface area contributed by atoms with Crippen LogP contribution in [0.25, 0.3) is 5.69 Å². The number of nitro benzene ring substituents is 1. The normalized spacial score (nSPS) is 16.2. The van der Waals surface area contributed by atoms with Crippen molar-refractivity contribution in [1.29, 1.82) is 0 Å². The minimum absolute atomic E-state index is 0.0464. The number of aryl methyl sites for hydroxylation is 2. The Bertz CT molecular complexity index is 1670. The third kappa shape index (κ3) is 5.94. The molecule has 0 aliphatic carbocycles. The lowest BCUT2D eigenvalue weighted by atomic mass is 9.96. The second-order valence-electron chi connectivity index (χ2n) is 10.4. The number of nitro groups is 1. The fourth-order valence-corrected chi connectivity index (χ4v) is 6.12. The van der Waals surface area contributed by atoms with E-state index in [1.807, 2.05) is 60.9 Å². The number of nitrogens with zero attached hydrogens (tertiary/aromatic N) is 4. The van der Waals surface area contributed by atoms with E-state index < -0.39 is 4.92 Å². The Balaban J connectivity index is 1.50. The number of anilines is 1. The minimum Gasteiger partial charge on any atom is -0.494 e. The molecule has 10 nitrogen and oxygen atoms in total. The van der Waals surface area contributed by atoms with Crippen LogP contribution in [-0.2, 0) is 11.2 Å². The molecular weight excluding hydrogens is 564 g/mol. The van der Waals surface area contributed by atoms with E-state index in [0.717, 1.165) is 40.3 Å². The Morgan fingerprint density at radius 2 is 1.91 bits per heavy atom. The summed E-state index contributed by atoms with van der Waals surface area (Å²) in [6.45, 7) is 6.44. The Morgan fingerprint density at radius 1 is 1.14 bits per heavy atom. The molecule has 1 aliphatic heterocycles. The molecule has 0 saturated carbocycles. The number of non-ortho nitro benzene ring substituents is 1. The SMILES string of the molecule is CCc1ccccc1NC(=O)CCN1C(=S)N[C@@H](c2ccccn2)[C@H]1c1cc(C)n(-c2ccc([N+](=O)[O-])cc2OC)c1C. The lowest BCUT2D eigenvalue weighted by Crippen LogP contribution is -2.33. The molecule has 0 unspecified atom stereocenters. The molecule has 1 amide bonds. The number of hydrogen-bond donors (Lipinski definition) is 2. The first kappa shape index (κ1) is 29.7. The van der Waals surface area contributed by atoms with Gasteiger partial charge in [0.25, 0.3) is 5.69 Å². The fraction of sp³-hybridized carbons (Fsp3) is 0.281. The first-order valence-electron chi connectivity index (χ1n) is 14.1. The molecule has 3 heterocycles. The zero-order chi connectivity index (χ0) is 30.7. The van der Waals surface area contributed by atoms with Gasteiger partial charge < -0.3 is 24.8 Å². The molecule has 222 valence electrons. The van der Waals surface area contributed by atoms with E-state index in [-0.39, 0.29) is 30.1 Å². The smallest absolute Gasteiger partial charge is 0.273 e. The Kier molecular flexibility index (Phi) is 8.72. The maximum Gasteiger partial charge on any atom is 0.273 e. The number of thiocarbonyl (C=S) groups is 1. The van der Waals surface area contributed by atoms with Gasteiger partial charge in [0.05, 0.1) is 41.6 Å². The number of hydrogen-bond acceptors (Lipinski definition) is 6. The number of methoxy groups -OCH3 is 1. The zero-order valence-electron chi connectivity index (χ0n) is 24.5. The van der Waals surface area contributed by atoms with Crippen LogP contribution in [0.5, 0.6) is 5.75 Å². The van der Waals surface area contributed by atoms with Crippen LogP contribution < -0.4 is 15.4 Å². The predicted molar refractivity (Wildman–Crippen MR) is 170 cm³/mol. The number of aromatic nitrogens is 2. The van der Waals surface area contributed by atoms with Crippen molar-refractivity contribution in [3.63, 3.8) is 0 Å². The van der Waals surface area contributed by atoms with E-state index in [1.165, 1.54) is 19.2 Å². The van der Waals surface area contributed by atoms with Crippen LogP contribution in [-0.4, -0.2) is 44.0 Å². The highest BCUT2D eigenvalue weighted by molar-refractivity contribution is 7.80. The quantitative estimate of drug-likeness (QED) is 0.130. The van der Waals surface area contributed by atoms with Crippen molar-refractivity contribution in [3.05, 3.63) is 111 Å². The van der Waals surface area contributed by atoms with Crippen LogP contribution in [0.4, 0.5) is 11.4 Å². The van der Waals surface area contributed by atoms with Gasteiger partial charge in [0.2, 0.25) is 5.91 Å². The van der Waals surface area contributed by atoms with E-state index in [1.54, 1.807) is 12.3 Å². The molecule has 0 spiro atoms. The largest absolute Gasteiger partial charge is 0.494 e. The van der Waals surface area contributed by atoms with Gasteiger partial charge in [-0.25, -0.2) is 0 Å². The standard InChI is InChI=1S/C32H34N6O4S/c1-5-22-10-6-7-11-25(22)34-29(39)15-17-36-31(30(35-32(36)43)26-12-8-9-16-33-26)24-18-20(2)37(21(24)3)27-14-13-23(38(40)41)19-28(27)42-4/h6-14,16,18-19,30-31H,5,15,17H2,1-4H3,(H,34,39)(H,35,43)/t30-,31+/m0/s1. The molecule has 0 bridgehead atoms. The van der Waals surface area contributed by atoms with E-state index in [9.17, 15) is 14.9 Å². The van der Waals surface area contributed by atoms with Gasteiger partial charge in [-0.05, 0) is 73.9 Å². The van der Waals surface area contributed by atoms with E-state index in [4.69, 9.17) is 17.0 Å². The van der Waals surface area contributed by atoms with E-state index >= 15 is 0 Å². The summed E-state index contributed by atoms with van der Waals surface area (Å²) in [5.41, 5.74) is 6.22. The number of pyridine rings is 1. The molecule has 2 aromatic carbocycles. The first-order valence-corrected chi connectivity index (χ1v) is 14.5. The van der Waals surface area contributed by atoms with Crippen molar-refractivity contribution >= 4 is 34.6 Å². The topological polar surface area (TPSA) is 115 Å². The Morgan fingerprint density at radius 3 is 2.60 bits per heavy atom. The summed E-state index contributed by atoms with van der Waals surface area (Å²) >= 11 is 5.84. The number of amides is 1. The molecule has 11 heteroatoms. The number of carbonyl (C=O) groups is 1. The number of nitrogens with one attached hydrogen (secondary N) is 2. The summed E-state index contributed by atoms with van der Waals surface area (Å²) in [6, 6.07) is 19.8. The molecule has 0 radical (unpaired) electrons. The molecule has 2 aromatic heterocycles. The Hall–Kier alpha value is -4.77. The average Bonchev–Trinajstić information content (AvgIpc) is 3.50. The number of benzene rings is 2. The number of para-hydroxylation sites is 1. The third-order valence-corrected chi connectivity index (χ3v) is 8.21. The number of rotatable bonds is 10. The second kappa shape index (κ2) is 12.6. The Labute approximate surface area is 255 Å². The predicted octanol–water partition coefficient (Wildman–Crippen LogP) is 5.97. The van der Waals surface area contributed by atoms with Gasteiger partial charge >= 0.3 is 0 Å². The van der Waals surface area contributed by atoms with Gasteiger partial charge in [-0.1, -0.05) is 31.2 Å². The zero-order valence-corrected chi connectivity index (χ0v) is 25.4. The van der Waals surface area contributed by atoms with Crippen molar-refractivity contribution in [2.24, 2.45) is 0 Å². The number of ether oxygens (including phenoxy) is 1. The minimum atomic E-state index is -0.440. The van der Waals surface area contributed by atoms with Crippen LogP contribution in [0.1, 0.15) is 53.6 Å². The van der Waals surface area contributed by atoms with Crippen LogP contribution in [0.2, 0.25) is 0 Å². The number of carbonyl (C=O) groups excluding carboxylic acids is 1. The van der Waals surface area contributed by atoms with Gasteiger partial charge in [0, 0.05) is 42.3 Å². The monoisotopic (exact) mass is 598 g/mol. The lowest BCUT2D eigenvalue weighted by molar-refractivity contribution is -0.384. The maximum absolute atomic E-state index is 13.1. The lowest BCUT2D eigenvalue weighted by Gasteiger charge is -2.28. The van der Waals surface area contributed by atoms with Crippen LogP contribution >= 0.6 is 12.2 Å². The third-order valence-electron chi connectivity index (χ3n) is 7.85. The summed E-state index contributed by atoms with van der Waals surface area (Å²) in [5, 5.41) is 18.5. The second-order valence-corrected chi connectivity index (χ2v) is 10.8. The average molecular weight is 599 g/mol. The van der Waals surface area contributed by atoms with Crippen LogP contribution in [0.15, 0.2) is 72.9 Å². The molecule has 1 fully saturated rings. The summed E-state index contributed by atoms with van der Waals surface area (Å²) in [7, 11) is 1.50. The molecule has 2 N–H and O–H groups in total. The van der Waals surface area contributed by atoms with Crippen molar-refractivity contribution in [1.82, 2.24) is 19.8 Å². The van der Waals surface area contributed by atoms with Crippen LogP contribution in [0, 0.1) is 24.0 Å². The molecule has 1 saturated heterocycles. The summed E-state index contributed by atoms with van der Waals surface area (Å²) < 4.78 is 7.60. The first-order chi connectivity index (χ1) is 20.7. The highest BCUT2D eigenvalue weighted by atomic mass is 32.1. The van der Waals surface area contributed by atoms with Crippen molar-refractivity contribution < 1.29 is 14.5 Å². The van der Waals surface area contributed by atoms with Crippen LogP contribution in [0.3, 0.4) is 0 Å². The highest BCUT2D eigenvalue weighted by Crippen LogP contribution is 2.42. The molecular formula is C32H34N6O4S. The van der Waals surface area contributed by atoms with Gasteiger partial charge in [-0.2, -0.15) is 0 Å². The van der Waals surface area contributed by atoms with Crippen molar-refractivity contribution in [2.45, 2.75) is 45.7 Å². The molecule has 43 heavy (non-hydrogen) atoms. The van der Waals surface area contributed by atoms with Crippen molar-refractivity contribution in [2.75, 3.05) is 19.0 Å². The van der Waals surface area contributed by atoms with Crippen molar-refractivity contribution in [3.8, 4) is 11.4 Å². The van der Waals surface area contributed by atoms with Gasteiger partial charge in [-0.15, -0.1) is 0 Å². The fourth-order valence-electron chi connectivity index (χ4n) is 5.79. The molecule has 4 aromatic rings. The van der Waals surface area contributed by atoms with E-state index in [2.05, 4.69) is 33.5 Å². The summed E-state index contributed by atoms with van der Waals surface area (Å²) in [4.78, 5) is 30.8. The molecule has 2 atom stereocenters. The van der Waals surface area contributed by atoms with Gasteiger partial charge in [0.15, 0.2) is 5.11 Å². The molecule has 5 rings (SSSR count). The highest BCUT2D eigenvalue weighted by Gasteiger charge is 2.41. The molecule has 1 aliphatic rings. The summed E-state index contributed by atoms with van der Waals surface area (Å²) in [5.74, 6) is 0.301. The van der Waals surface area contributed by atoms with Gasteiger partial charge in [-0.3, -0.25) is 19.9 Å². The summed E-state index contributed by atoms with van der Waals surface area (Å²) in [6.07, 6.45) is 2.81.